The Balaban J connectivity index is 1.69. The van der Waals surface area contributed by atoms with Crippen molar-refractivity contribution < 1.29 is 14.3 Å². The van der Waals surface area contributed by atoms with E-state index in [0.717, 1.165) is 19.4 Å². The SMILES string of the molecule is O=C(CNC(=O)c1ccc(Cl)cc1)NCC1CCCO1. The van der Waals surface area contributed by atoms with Crippen molar-refractivity contribution in [2.75, 3.05) is 19.7 Å². The van der Waals surface area contributed by atoms with Crippen LogP contribution < -0.4 is 10.6 Å². The molecule has 0 aromatic heterocycles. The van der Waals surface area contributed by atoms with E-state index in [1.54, 1.807) is 24.3 Å². The highest BCUT2D eigenvalue weighted by atomic mass is 35.5. The summed E-state index contributed by atoms with van der Waals surface area (Å²) in [5, 5.41) is 5.87. The van der Waals surface area contributed by atoms with Crippen molar-refractivity contribution in [1.82, 2.24) is 10.6 Å². The van der Waals surface area contributed by atoms with Crippen molar-refractivity contribution in [2.45, 2.75) is 18.9 Å². The molecular formula is C14H17ClN2O3. The molecule has 1 unspecified atom stereocenters. The van der Waals surface area contributed by atoms with Crippen molar-refractivity contribution in [3.63, 3.8) is 0 Å². The van der Waals surface area contributed by atoms with Crippen molar-refractivity contribution in [1.29, 1.82) is 0 Å². The zero-order chi connectivity index (χ0) is 14.4. The minimum atomic E-state index is -0.297. The second-order valence-electron chi connectivity index (χ2n) is 4.63. The van der Waals surface area contributed by atoms with E-state index in [-0.39, 0.29) is 24.5 Å². The van der Waals surface area contributed by atoms with Crippen LogP contribution in [-0.4, -0.2) is 37.6 Å². The lowest BCUT2D eigenvalue weighted by molar-refractivity contribution is -0.120. The number of ether oxygens (including phenoxy) is 1. The lowest BCUT2D eigenvalue weighted by Crippen LogP contribution is -2.39. The molecule has 0 spiro atoms. The van der Waals surface area contributed by atoms with Gasteiger partial charge in [-0.2, -0.15) is 0 Å². The van der Waals surface area contributed by atoms with Crippen LogP contribution >= 0.6 is 11.6 Å². The van der Waals surface area contributed by atoms with E-state index in [1.165, 1.54) is 0 Å². The number of nitrogens with one attached hydrogen (secondary N) is 2. The van der Waals surface area contributed by atoms with Gasteiger partial charge >= 0.3 is 0 Å². The molecule has 1 atom stereocenters. The van der Waals surface area contributed by atoms with Gasteiger partial charge in [0.2, 0.25) is 5.91 Å². The van der Waals surface area contributed by atoms with Crippen LogP contribution in [0.15, 0.2) is 24.3 Å². The van der Waals surface area contributed by atoms with Gasteiger partial charge in [-0.3, -0.25) is 9.59 Å². The summed E-state index contributed by atoms with van der Waals surface area (Å²) >= 11 is 5.74. The largest absolute Gasteiger partial charge is 0.376 e. The van der Waals surface area contributed by atoms with Gasteiger partial charge in [0, 0.05) is 23.7 Å². The van der Waals surface area contributed by atoms with Crippen molar-refractivity contribution in [3.8, 4) is 0 Å². The first kappa shape index (κ1) is 14.8. The fraction of sp³-hybridized carbons (Fsp3) is 0.429. The molecule has 2 amide bonds. The van der Waals surface area contributed by atoms with Gasteiger partial charge < -0.3 is 15.4 Å². The molecule has 5 nitrogen and oxygen atoms in total. The summed E-state index contributed by atoms with van der Waals surface area (Å²) in [4.78, 5) is 23.3. The Kier molecular flexibility index (Phi) is 5.38. The predicted octanol–water partition coefficient (Wildman–Crippen LogP) is 1.36. The van der Waals surface area contributed by atoms with Gasteiger partial charge in [0.05, 0.1) is 12.6 Å². The highest BCUT2D eigenvalue weighted by Crippen LogP contribution is 2.10. The van der Waals surface area contributed by atoms with Gasteiger partial charge in [-0.1, -0.05) is 11.6 Å². The van der Waals surface area contributed by atoms with Crippen LogP contribution in [-0.2, 0) is 9.53 Å². The zero-order valence-electron chi connectivity index (χ0n) is 11.0. The van der Waals surface area contributed by atoms with E-state index in [1.807, 2.05) is 0 Å². The Morgan fingerprint density at radius 3 is 2.65 bits per heavy atom. The first-order chi connectivity index (χ1) is 9.65. The number of benzene rings is 1. The fourth-order valence-corrected chi connectivity index (χ4v) is 2.09. The van der Waals surface area contributed by atoms with Gasteiger partial charge in [-0.25, -0.2) is 0 Å². The third-order valence-electron chi connectivity index (χ3n) is 3.07. The van der Waals surface area contributed by atoms with Crippen LogP contribution in [0.3, 0.4) is 0 Å². The average Bonchev–Trinajstić information content (AvgIpc) is 2.96. The lowest BCUT2D eigenvalue weighted by Gasteiger charge is -2.11. The smallest absolute Gasteiger partial charge is 0.251 e. The lowest BCUT2D eigenvalue weighted by atomic mass is 10.2. The second-order valence-corrected chi connectivity index (χ2v) is 5.07. The highest BCUT2D eigenvalue weighted by Gasteiger charge is 2.16. The predicted molar refractivity (Wildman–Crippen MR) is 75.8 cm³/mol. The van der Waals surface area contributed by atoms with E-state index in [9.17, 15) is 9.59 Å². The van der Waals surface area contributed by atoms with Gasteiger partial charge in [-0.05, 0) is 37.1 Å². The summed E-state index contributed by atoms with van der Waals surface area (Å²) in [6.45, 7) is 1.21. The summed E-state index contributed by atoms with van der Waals surface area (Å²) in [6.07, 6.45) is 2.11. The minimum Gasteiger partial charge on any atom is -0.376 e. The minimum absolute atomic E-state index is 0.0474. The number of carbonyl (C=O) groups excluding carboxylic acids is 2. The molecule has 6 heteroatoms. The summed E-state index contributed by atoms with van der Waals surface area (Å²) in [6, 6.07) is 6.49. The monoisotopic (exact) mass is 296 g/mol. The summed E-state index contributed by atoms with van der Waals surface area (Å²) in [7, 11) is 0. The summed E-state index contributed by atoms with van der Waals surface area (Å²) in [5.41, 5.74) is 0.473. The standard InChI is InChI=1S/C14H17ClN2O3/c15-11-5-3-10(4-6-11)14(19)17-9-13(18)16-8-12-2-1-7-20-12/h3-6,12H,1-2,7-9H2,(H,16,18)(H,17,19). The molecule has 20 heavy (non-hydrogen) atoms. The summed E-state index contributed by atoms with van der Waals surface area (Å²) in [5.74, 6) is -0.517. The number of rotatable bonds is 5. The topological polar surface area (TPSA) is 67.4 Å². The molecule has 0 bridgehead atoms. The van der Waals surface area contributed by atoms with E-state index in [4.69, 9.17) is 16.3 Å². The first-order valence-corrected chi connectivity index (χ1v) is 6.95. The van der Waals surface area contributed by atoms with Crippen molar-refractivity contribution in [2.24, 2.45) is 0 Å². The van der Waals surface area contributed by atoms with Crippen molar-refractivity contribution >= 4 is 23.4 Å². The van der Waals surface area contributed by atoms with Gasteiger partial charge in [0.25, 0.3) is 5.91 Å². The Morgan fingerprint density at radius 2 is 2.00 bits per heavy atom. The van der Waals surface area contributed by atoms with Crippen LogP contribution in [0.2, 0.25) is 5.02 Å². The maximum atomic E-state index is 11.8. The van der Waals surface area contributed by atoms with Crippen LogP contribution in [0.4, 0.5) is 0 Å². The maximum absolute atomic E-state index is 11.8. The third-order valence-corrected chi connectivity index (χ3v) is 3.32. The Labute approximate surface area is 122 Å². The maximum Gasteiger partial charge on any atom is 0.251 e. The zero-order valence-corrected chi connectivity index (χ0v) is 11.8. The molecule has 1 aliphatic heterocycles. The number of hydrogen-bond acceptors (Lipinski definition) is 3. The molecule has 1 aromatic rings. The van der Waals surface area contributed by atoms with Gasteiger partial charge in [0.15, 0.2) is 0 Å². The number of amides is 2. The molecule has 2 N–H and O–H groups in total. The Bertz CT molecular complexity index is 470. The summed E-state index contributed by atoms with van der Waals surface area (Å²) < 4.78 is 5.39. The van der Waals surface area contributed by atoms with Crippen LogP contribution in [0.25, 0.3) is 0 Å². The van der Waals surface area contributed by atoms with Crippen LogP contribution in [0.1, 0.15) is 23.2 Å². The molecule has 0 radical (unpaired) electrons. The third kappa shape index (κ3) is 4.51. The molecule has 0 aliphatic carbocycles. The Hall–Kier alpha value is -1.59. The van der Waals surface area contributed by atoms with Crippen LogP contribution in [0, 0.1) is 0 Å². The molecule has 1 heterocycles. The van der Waals surface area contributed by atoms with E-state index in [2.05, 4.69) is 10.6 Å². The Morgan fingerprint density at radius 1 is 1.25 bits per heavy atom. The molecule has 1 fully saturated rings. The number of carbonyl (C=O) groups is 2. The van der Waals surface area contributed by atoms with E-state index >= 15 is 0 Å². The fourth-order valence-electron chi connectivity index (χ4n) is 1.96. The van der Waals surface area contributed by atoms with Gasteiger partial charge in [-0.15, -0.1) is 0 Å². The molecule has 2 rings (SSSR count). The molecular weight excluding hydrogens is 280 g/mol. The van der Waals surface area contributed by atoms with Crippen LogP contribution in [0.5, 0.6) is 0 Å². The molecule has 1 aliphatic rings. The second kappa shape index (κ2) is 7.26. The van der Waals surface area contributed by atoms with E-state index in [0.29, 0.717) is 17.1 Å². The highest BCUT2D eigenvalue weighted by molar-refractivity contribution is 6.30. The average molecular weight is 297 g/mol. The molecule has 108 valence electrons. The molecule has 1 aromatic carbocycles. The van der Waals surface area contributed by atoms with Crippen molar-refractivity contribution in [3.05, 3.63) is 34.9 Å². The number of hydrogen-bond donors (Lipinski definition) is 2. The first-order valence-electron chi connectivity index (χ1n) is 6.57. The number of halogens is 1. The van der Waals surface area contributed by atoms with E-state index < -0.39 is 0 Å². The molecule has 1 saturated heterocycles. The normalized spacial score (nSPS) is 17.8. The molecule has 0 saturated carbocycles. The quantitative estimate of drug-likeness (QED) is 0.862. The van der Waals surface area contributed by atoms with Gasteiger partial charge in [0.1, 0.15) is 0 Å².